The van der Waals surface area contributed by atoms with Crippen molar-refractivity contribution < 1.29 is 4.79 Å². The van der Waals surface area contributed by atoms with Crippen LogP contribution >= 0.6 is 11.6 Å². The molecular weight excluding hydrogens is 286 g/mol. The van der Waals surface area contributed by atoms with Crippen molar-refractivity contribution in [3.05, 3.63) is 28.8 Å². The lowest BCUT2D eigenvalue weighted by Crippen LogP contribution is -2.35. The molecule has 2 N–H and O–H groups in total. The molecule has 5 heteroatoms. The minimum absolute atomic E-state index is 0.0370. The Morgan fingerprint density at radius 3 is 2.86 bits per heavy atom. The van der Waals surface area contributed by atoms with Crippen LogP contribution in [0, 0.1) is 0 Å². The highest BCUT2D eigenvalue weighted by molar-refractivity contribution is 6.31. The van der Waals surface area contributed by atoms with Gasteiger partial charge in [-0.2, -0.15) is 0 Å². The molecule has 1 atom stereocenters. The van der Waals surface area contributed by atoms with Crippen LogP contribution in [0.2, 0.25) is 5.02 Å². The third kappa shape index (κ3) is 4.61. The number of halogens is 1. The first-order valence-electron chi connectivity index (χ1n) is 7.49. The fourth-order valence-electron chi connectivity index (χ4n) is 2.59. The summed E-state index contributed by atoms with van der Waals surface area (Å²) in [5.74, 6) is 0.0370. The molecule has 1 saturated heterocycles. The number of hydrogen-bond donors (Lipinski definition) is 2. The van der Waals surface area contributed by atoms with Gasteiger partial charge in [-0.15, -0.1) is 0 Å². The summed E-state index contributed by atoms with van der Waals surface area (Å²) in [5.41, 5.74) is 2.24. The van der Waals surface area contributed by atoms with Gasteiger partial charge in [-0.3, -0.25) is 4.79 Å². The molecule has 1 amide bonds. The van der Waals surface area contributed by atoms with Gasteiger partial charge in [0.15, 0.2) is 0 Å². The van der Waals surface area contributed by atoms with Crippen LogP contribution in [0.4, 0.5) is 5.69 Å². The lowest BCUT2D eigenvalue weighted by molar-refractivity contribution is -0.119. The van der Waals surface area contributed by atoms with Gasteiger partial charge in [0.2, 0.25) is 5.91 Å². The number of benzene rings is 1. The van der Waals surface area contributed by atoms with Crippen molar-refractivity contribution in [1.29, 1.82) is 0 Å². The van der Waals surface area contributed by atoms with Crippen LogP contribution in [-0.4, -0.2) is 31.1 Å². The molecule has 0 spiro atoms. The number of carbonyl (C=O) groups is 1. The van der Waals surface area contributed by atoms with E-state index in [2.05, 4.69) is 41.5 Å². The Kier molecular flexibility index (Phi) is 5.48. The molecule has 21 heavy (non-hydrogen) atoms. The maximum Gasteiger partial charge on any atom is 0.217 e. The van der Waals surface area contributed by atoms with Gasteiger partial charge in [0, 0.05) is 49.4 Å². The maximum atomic E-state index is 11.1. The van der Waals surface area contributed by atoms with Gasteiger partial charge in [0.25, 0.3) is 0 Å². The minimum Gasteiger partial charge on any atom is -0.369 e. The van der Waals surface area contributed by atoms with Crippen molar-refractivity contribution >= 4 is 23.2 Å². The number of rotatable bonds is 5. The summed E-state index contributed by atoms with van der Waals surface area (Å²) in [6.07, 6.45) is 0.980. The van der Waals surface area contributed by atoms with Crippen LogP contribution in [0.25, 0.3) is 0 Å². The van der Waals surface area contributed by atoms with E-state index in [1.807, 2.05) is 6.07 Å². The van der Waals surface area contributed by atoms with Crippen molar-refractivity contribution in [2.45, 2.75) is 45.8 Å². The van der Waals surface area contributed by atoms with Crippen molar-refractivity contribution in [2.75, 3.05) is 18.0 Å². The zero-order chi connectivity index (χ0) is 15.4. The summed E-state index contributed by atoms with van der Waals surface area (Å²) < 4.78 is 0. The van der Waals surface area contributed by atoms with E-state index in [9.17, 15) is 4.79 Å². The third-order valence-electron chi connectivity index (χ3n) is 3.70. The van der Waals surface area contributed by atoms with Crippen LogP contribution in [0.1, 0.15) is 32.8 Å². The lowest BCUT2D eigenvalue weighted by Gasteiger charge is -2.20. The number of amides is 1. The maximum absolute atomic E-state index is 11.1. The number of nitrogens with zero attached hydrogens (tertiary/aromatic N) is 1. The zero-order valence-corrected chi connectivity index (χ0v) is 13.7. The van der Waals surface area contributed by atoms with Crippen molar-refractivity contribution in [2.24, 2.45) is 0 Å². The van der Waals surface area contributed by atoms with Crippen LogP contribution in [-0.2, 0) is 11.3 Å². The number of anilines is 1. The SMILES string of the molecule is CC(=O)NC1CCN(c2ccc(CNC(C)C)c(Cl)c2)C1. The molecule has 1 heterocycles. The first-order valence-corrected chi connectivity index (χ1v) is 7.87. The van der Waals surface area contributed by atoms with Crippen molar-refractivity contribution in [3.8, 4) is 0 Å². The Bertz CT molecular complexity index is 504. The summed E-state index contributed by atoms with van der Waals surface area (Å²) in [6.45, 7) is 8.38. The lowest BCUT2D eigenvalue weighted by atomic mass is 10.2. The summed E-state index contributed by atoms with van der Waals surface area (Å²) in [6, 6.07) is 6.90. The molecule has 116 valence electrons. The van der Waals surface area contributed by atoms with Gasteiger partial charge in [-0.1, -0.05) is 31.5 Å². The van der Waals surface area contributed by atoms with Gasteiger partial charge in [0.1, 0.15) is 0 Å². The molecule has 2 rings (SSSR count). The van der Waals surface area contributed by atoms with E-state index in [0.717, 1.165) is 42.3 Å². The monoisotopic (exact) mass is 309 g/mol. The van der Waals surface area contributed by atoms with Crippen LogP contribution in [0.3, 0.4) is 0 Å². The van der Waals surface area contributed by atoms with E-state index >= 15 is 0 Å². The first-order chi connectivity index (χ1) is 9.95. The van der Waals surface area contributed by atoms with E-state index in [1.54, 1.807) is 6.92 Å². The normalized spacial score (nSPS) is 18.3. The fraction of sp³-hybridized carbons (Fsp3) is 0.562. The average Bonchev–Trinajstić information content (AvgIpc) is 2.84. The Balaban J connectivity index is 1.98. The highest BCUT2D eigenvalue weighted by Crippen LogP contribution is 2.26. The highest BCUT2D eigenvalue weighted by atomic mass is 35.5. The Morgan fingerprint density at radius 1 is 1.48 bits per heavy atom. The number of carbonyl (C=O) groups excluding carboxylic acids is 1. The second kappa shape index (κ2) is 7.14. The third-order valence-corrected chi connectivity index (χ3v) is 4.05. The van der Waals surface area contributed by atoms with E-state index in [0.29, 0.717) is 6.04 Å². The topological polar surface area (TPSA) is 44.4 Å². The molecule has 1 fully saturated rings. The van der Waals surface area contributed by atoms with E-state index < -0.39 is 0 Å². The van der Waals surface area contributed by atoms with Gasteiger partial charge < -0.3 is 15.5 Å². The first kappa shape index (κ1) is 16.1. The van der Waals surface area contributed by atoms with Crippen LogP contribution in [0.5, 0.6) is 0 Å². The Labute approximate surface area is 131 Å². The van der Waals surface area contributed by atoms with Crippen LogP contribution < -0.4 is 15.5 Å². The quantitative estimate of drug-likeness (QED) is 0.878. The summed E-state index contributed by atoms with van der Waals surface area (Å²) in [4.78, 5) is 13.4. The molecule has 1 aromatic rings. The zero-order valence-electron chi connectivity index (χ0n) is 12.9. The molecule has 0 aromatic heterocycles. The standard InChI is InChI=1S/C16H24ClN3O/c1-11(2)18-9-13-4-5-15(8-16(13)17)20-7-6-14(10-20)19-12(3)21/h4-5,8,11,14,18H,6-7,9-10H2,1-3H3,(H,19,21). The smallest absolute Gasteiger partial charge is 0.217 e. The fourth-order valence-corrected chi connectivity index (χ4v) is 2.83. The molecule has 1 aromatic carbocycles. The second-order valence-corrected chi connectivity index (χ2v) is 6.35. The largest absolute Gasteiger partial charge is 0.369 e. The van der Waals surface area contributed by atoms with Crippen molar-refractivity contribution in [1.82, 2.24) is 10.6 Å². The van der Waals surface area contributed by atoms with Crippen LogP contribution in [0.15, 0.2) is 18.2 Å². The summed E-state index contributed by atoms with van der Waals surface area (Å²) in [5, 5.41) is 7.15. The van der Waals surface area contributed by atoms with Gasteiger partial charge in [0.05, 0.1) is 0 Å². The molecule has 1 aliphatic rings. The summed E-state index contributed by atoms with van der Waals surface area (Å²) >= 11 is 6.38. The summed E-state index contributed by atoms with van der Waals surface area (Å²) in [7, 11) is 0. The molecule has 4 nitrogen and oxygen atoms in total. The average molecular weight is 310 g/mol. The molecule has 1 unspecified atom stereocenters. The Hall–Kier alpha value is -1.26. The molecule has 0 bridgehead atoms. The Morgan fingerprint density at radius 2 is 2.24 bits per heavy atom. The van der Waals surface area contributed by atoms with Crippen molar-refractivity contribution in [3.63, 3.8) is 0 Å². The van der Waals surface area contributed by atoms with Gasteiger partial charge in [-0.05, 0) is 24.1 Å². The van der Waals surface area contributed by atoms with Gasteiger partial charge in [-0.25, -0.2) is 0 Å². The van der Waals surface area contributed by atoms with E-state index in [1.165, 1.54) is 0 Å². The predicted molar refractivity (Wildman–Crippen MR) is 87.9 cm³/mol. The molecule has 1 aliphatic heterocycles. The number of nitrogens with one attached hydrogen (secondary N) is 2. The molecule has 0 saturated carbocycles. The molecular formula is C16H24ClN3O. The molecule has 0 aliphatic carbocycles. The molecule has 0 radical (unpaired) electrons. The van der Waals surface area contributed by atoms with E-state index in [-0.39, 0.29) is 11.9 Å². The van der Waals surface area contributed by atoms with E-state index in [4.69, 9.17) is 11.6 Å². The highest BCUT2D eigenvalue weighted by Gasteiger charge is 2.23. The second-order valence-electron chi connectivity index (χ2n) is 5.94. The predicted octanol–water partition coefficient (Wildman–Crippen LogP) is 2.55. The van der Waals surface area contributed by atoms with Gasteiger partial charge >= 0.3 is 0 Å². The number of hydrogen-bond acceptors (Lipinski definition) is 3. The minimum atomic E-state index is 0.0370.